The summed E-state index contributed by atoms with van der Waals surface area (Å²) in [5.41, 5.74) is 0.866. The van der Waals surface area contributed by atoms with Gasteiger partial charge in [-0.25, -0.2) is 14.8 Å². The summed E-state index contributed by atoms with van der Waals surface area (Å²) in [7, 11) is 2.78. The van der Waals surface area contributed by atoms with Gasteiger partial charge in [-0.15, -0.1) is 0 Å². The van der Waals surface area contributed by atoms with E-state index in [4.69, 9.17) is 4.74 Å². The van der Waals surface area contributed by atoms with Crippen LogP contribution in [0.1, 0.15) is 23.1 Å². The van der Waals surface area contributed by atoms with Crippen molar-refractivity contribution in [1.29, 1.82) is 0 Å². The fourth-order valence-corrected chi connectivity index (χ4v) is 1.12. The molecule has 0 saturated heterocycles. The third kappa shape index (κ3) is 1.81. The van der Waals surface area contributed by atoms with Crippen LogP contribution >= 0.6 is 0 Å². The third-order valence-corrected chi connectivity index (χ3v) is 1.80. The van der Waals surface area contributed by atoms with E-state index in [1.54, 1.807) is 0 Å². The van der Waals surface area contributed by atoms with Crippen LogP contribution in [0.15, 0.2) is 6.33 Å². The molecule has 14 heavy (non-hydrogen) atoms. The van der Waals surface area contributed by atoms with Gasteiger partial charge < -0.3 is 9.47 Å². The van der Waals surface area contributed by atoms with E-state index in [0.717, 1.165) is 0 Å². The van der Waals surface area contributed by atoms with Crippen molar-refractivity contribution >= 4 is 5.97 Å². The molecule has 0 bridgehead atoms. The Morgan fingerprint density at radius 3 is 2.64 bits per heavy atom. The number of carbonyl (C=O) groups excluding carboxylic acids is 1. The summed E-state index contributed by atoms with van der Waals surface area (Å²) in [6, 6.07) is 0. The van der Waals surface area contributed by atoms with Gasteiger partial charge in [0.1, 0.15) is 6.33 Å². The molecule has 1 aromatic heterocycles. The normalized spacial score (nSPS) is 9.64. The number of hydrogen-bond acceptors (Lipinski definition) is 5. The second-order valence-corrected chi connectivity index (χ2v) is 2.55. The molecule has 0 aliphatic rings. The van der Waals surface area contributed by atoms with Crippen molar-refractivity contribution in [2.75, 3.05) is 14.2 Å². The number of esters is 1. The first kappa shape index (κ1) is 10.4. The molecule has 0 spiro atoms. The number of rotatable bonds is 3. The zero-order chi connectivity index (χ0) is 10.6. The molecule has 0 N–H and O–H groups in total. The van der Waals surface area contributed by atoms with Gasteiger partial charge >= 0.3 is 5.97 Å². The molecule has 0 amide bonds. The topological polar surface area (TPSA) is 61.3 Å². The summed E-state index contributed by atoms with van der Waals surface area (Å²) in [5, 5.41) is 0. The molecule has 0 aliphatic heterocycles. The van der Waals surface area contributed by atoms with E-state index >= 15 is 0 Å². The van der Waals surface area contributed by atoms with Crippen molar-refractivity contribution < 1.29 is 14.3 Å². The second kappa shape index (κ2) is 4.55. The molecule has 76 valence electrons. The summed E-state index contributed by atoms with van der Waals surface area (Å²) in [6.07, 6.45) is 2.00. The van der Waals surface area contributed by atoms with Crippen LogP contribution in [0, 0.1) is 0 Å². The van der Waals surface area contributed by atoms with Gasteiger partial charge in [0.05, 0.1) is 19.9 Å². The highest BCUT2D eigenvalue weighted by atomic mass is 16.5. The maximum atomic E-state index is 11.3. The van der Waals surface area contributed by atoms with Gasteiger partial charge in [0.25, 0.3) is 0 Å². The molecule has 1 heterocycles. The molecule has 0 aliphatic carbocycles. The third-order valence-electron chi connectivity index (χ3n) is 1.80. The number of aromatic nitrogens is 2. The molecule has 0 atom stereocenters. The van der Waals surface area contributed by atoms with Crippen LogP contribution in [0.4, 0.5) is 0 Å². The van der Waals surface area contributed by atoms with Crippen molar-refractivity contribution in [2.45, 2.75) is 13.3 Å². The van der Waals surface area contributed by atoms with Crippen molar-refractivity contribution in [3.8, 4) is 5.75 Å². The number of aryl methyl sites for hydroxylation is 1. The standard InChI is InChI=1S/C9H12N2O3/c1-4-6-8(13-2)7(9(12)14-3)11-5-10-6/h5H,4H2,1-3H3. The maximum absolute atomic E-state index is 11.3. The highest BCUT2D eigenvalue weighted by Crippen LogP contribution is 2.20. The average molecular weight is 196 g/mol. The van der Waals surface area contributed by atoms with Crippen LogP contribution in [0.3, 0.4) is 0 Å². The molecule has 1 aromatic rings. The lowest BCUT2D eigenvalue weighted by Gasteiger charge is -2.08. The molecule has 0 aromatic carbocycles. The van der Waals surface area contributed by atoms with Gasteiger partial charge in [0, 0.05) is 0 Å². The van der Waals surface area contributed by atoms with Crippen molar-refractivity contribution in [3.05, 3.63) is 17.7 Å². The quantitative estimate of drug-likeness (QED) is 0.670. The van der Waals surface area contributed by atoms with Gasteiger partial charge in [-0.2, -0.15) is 0 Å². The van der Waals surface area contributed by atoms with E-state index in [-0.39, 0.29) is 5.69 Å². The molecule has 0 fully saturated rings. The maximum Gasteiger partial charge on any atom is 0.360 e. The Morgan fingerprint density at radius 1 is 1.43 bits per heavy atom. The number of methoxy groups -OCH3 is 2. The fourth-order valence-electron chi connectivity index (χ4n) is 1.12. The molecular formula is C9H12N2O3. The predicted octanol–water partition coefficient (Wildman–Crippen LogP) is 0.834. The van der Waals surface area contributed by atoms with Crippen molar-refractivity contribution in [1.82, 2.24) is 9.97 Å². The highest BCUT2D eigenvalue weighted by molar-refractivity contribution is 5.90. The van der Waals surface area contributed by atoms with E-state index < -0.39 is 5.97 Å². The Kier molecular flexibility index (Phi) is 3.39. The van der Waals surface area contributed by atoms with Crippen LogP contribution < -0.4 is 4.74 Å². The van der Waals surface area contributed by atoms with Gasteiger partial charge in [0.15, 0.2) is 11.4 Å². The number of carbonyl (C=O) groups is 1. The predicted molar refractivity (Wildman–Crippen MR) is 49.3 cm³/mol. The first-order valence-electron chi connectivity index (χ1n) is 4.20. The molecule has 5 heteroatoms. The molecule has 1 rings (SSSR count). The van der Waals surface area contributed by atoms with Crippen LogP contribution in [0.25, 0.3) is 0 Å². The summed E-state index contributed by atoms with van der Waals surface area (Å²) in [5.74, 6) is -0.124. The second-order valence-electron chi connectivity index (χ2n) is 2.55. The lowest BCUT2D eigenvalue weighted by Crippen LogP contribution is -2.09. The van der Waals surface area contributed by atoms with Crippen LogP contribution in [0.2, 0.25) is 0 Å². The van der Waals surface area contributed by atoms with E-state index in [1.165, 1.54) is 20.5 Å². The molecule has 0 radical (unpaired) electrons. The van der Waals surface area contributed by atoms with Crippen LogP contribution in [-0.2, 0) is 11.2 Å². The number of ether oxygens (including phenoxy) is 2. The summed E-state index contributed by atoms with van der Waals surface area (Å²) in [4.78, 5) is 19.1. The Bertz CT molecular complexity index is 339. The van der Waals surface area contributed by atoms with E-state index in [9.17, 15) is 4.79 Å². The number of hydrogen-bond donors (Lipinski definition) is 0. The van der Waals surface area contributed by atoms with E-state index in [2.05, 4.69) is 14.7 Å². The SMILES string of the molecule is CCc1ncnc(C(=O)OC)c1OC. The lowest BCUT2D eigenvalue weighted by molar-refractivity contribution is 0.0589. The molecule has 0 saturated carbocycles. The molecular weight excluding hydrogens is 184 g/mol. The molecule has 0 unspecified atom stereocenters. The lowest BCUT2D eigenvalue weighted by atomic mass is 10.2. The monoisotopic (exact) mass is 196 g/mol. The summed E-state index contributed by atoms with van der Waals surface area (Å²) < 4.78 is 9.63. The van der Waals surface area contributed by atoms with Gasteiger partial charge in [-0.05, 0) is 6.42 Å². The van der Waals surface area contributed by atoms with Gasteiger partial charge in [-0.3, -0.25) is 0 Å². The first-order chi connectivity index (χ1) is 6.74. The first-order valence-corrected chi connectivity index (χ1v) is 4.20. The number of nitrogens with zero attached hydrogens (tertiary/aromatic N) is 2. The zero-order valence-corrected chi connectivity index (χ0v) is 8.40. The van der Waals surface area contributed by atoms with Gasteiger partial charge in [-0.1, -0.05) is 6.92 Å². The minimum atomic E-state index is -0.515. The Morgan fingerprint density at radius 2 is 2.14 bits per heavy atom. The summed E-state index contributed by atoms with van der Waals surface area (Å²) >= 11 is 0. The minimum absolute atomic E-state index is 0.168. The van der Waals surface area contributed by atoms with E-state index in [0.29, 0.717) is 17.9 Å². The smallest absolute Gasteiger partial charge is 0.360 e. The Balaban J connectivity index is 3.21. The van der Waals surface area contributed by atoms with E-state index in [1.807, 2.05) is 6.92 Å². The largest absolute Gasteiger partial charge is 0.492 e. The van der Waals surface area contributed by atoms with Crippen LogP contribution in [0.5, 0.6) is 5.75 Å². The van der Waals surface area contributed by atoms with Crippen LogP contribution in [-0.4, -0.2) is 30.2 Å². The van der Waals surface area contributed by atoms with Gasteiger partial charge in [0.2, 0.25) is 0 Å². The van der Waals surface area contributed by atoms with Crippen molar-refractivity contribution in [2.24, 2.45) is 0 Å². The average Bonchev–Trinajstić information content (AvgIpc) is 2.26. The highest BCUT2D eigenvalue weighted by Gasteiger charge is 2.17. The fraction of sp³-hybridized carbons (Fsp3) is 0.444. The zero-order valence-electron chi connectivity index (χ0n) is 8.40. The minimum Gasteiger partial charge on any atom is -0.492 e. The Labute approximate surface area is 82.1 Å². The Hall–Kier alpha value is -1.65. The molecule has 5 nitrogen and oxygen atoms in total. The summed E-state index contributed by atoms with van der Waals surface area (Å²) in [6.45, 7) is 1.92. The van der Waals surface area contributed by atoms with Crippen molar-refractivity contribution in [3.63, 3.8) is 0 Å².